The van der Waals surface area contributed by atoms with Crippen LogP contribution < -0.4 is 10.5 Å². The Morgan fingerprint density at radius 3 is 2.26 bits per heavy atom. The van der Waals surface area contributed by atoms with Crippen molar-refractivity contribution in [2.45, 2.75) is 77.6 Å². The molecular formula is C38H38N2O2S. The van der Waals surface area contributed by atoms with Crippen LogP contribution in [0.3, 0.4) is 0 Å². The maximum Gasteiger partial charge on any atom is 0.346 e. The van der Waals surface area contributed by atoms with Crippen molar-refractivity contribution in [1.82, 2.24) is 4.98 Å². The smallest absolute Gasteiger partial charge is 0.346 e. The third kappa shape index (κ3) is 3.86. The Labute approximate surface area is 256 Å². The van der Waals surface area contributed by atoms with Crippen molar-refractivity contribution in [3.05, 3.63) is 81.7 Å². The summed E-state index contributed by atoms with van der Waals surface area (Å²) in [6.45, 7) is 13.7. The number of aromatic nitrogens is 1. The largest absolute Gasteiger partial charge is 0.422 e. The minimum Gasteiger partial charge on any atom is -0.422 e. The van der Waals surface area contributed by atoms with E-state index in [4.69, 9.17) is 9.40 Å². The van der Waals surface area contributed by atoms with Crippen LogP contribution in [0.15, 0.2) is 63.8 Å². The third-order valence-corrected chi connectivity index (χ3v) is 11.4. The lowest BCUT2D eigenvalue weighted by molar-refractivity contribution is 0.398. The molecule has 0 atom stereocenters. The second-order valence-electron chi connectivity index (χ2n) is 13.9. The van der Waals surface area contributed by atoms with Crippen LogP contribution in [0.25, 0.3) is 53.3 Å². The summed E-state index contributed by atoms with van der Waals surface area (Å²) in [6, 6.07) is 19.4. The molecule has 0 unspecified atom stereocenters. The molecule has 0 radical (unpaired) electrons. The van der Waals surface area contributed by atoms with Crippen LogP contribution in [0, 0.1) is 0 Å². The van der Waals surface area contributed by atoms with E-state index < -0.39 is 0 Å². The van der Waals surface area contributed by atoms with Crippen molar-refractivity contribution in [2.75, 3.05) is 18.0 Å². The predicted octanol–water partition coefficient (Wildman–Crippen LogP) is 9.89. The standard InChI is InChI=1S/C38H38N2O2S/c1-6-7-12-24-27-21-28-32-30(38(4,5)18-20-40(32)19-17-37(28,2)3)33(27)42-36(41)29(24)35-39-31-25-15-10-8-13-22(25)23-14-9-11-16-26(23)34(31)43-35/h8-11,13-16,21H,6-7,12,17-20H2,1-5H3. The summed E-state index contributed by atoms with van der Waals surface area (Å²) < 4.78 is 7.63. The van der Waals surface area contributed by atoms with E-state index in [0.717, 1.165) is 82.3 Å². The van der Waals surface area contributed by atoms with E-state index in [0.29, 0.717) is 5.56 Å². The molecule has 4 aromatic carbocycles. The normalized spacial score (nSPS) is 17.3. The number of nitrogens with zero attached hydrogens (tertiary/aromatic N) is 2. The fraction of sp³-hybridized carbons (Fsp3) is 0.368. The van der Waals surface area contributed by atoms with Crippen molar-refractivity contribution in [2.24, 2.45) is 0 Å². The lowest BCUT2D eigenvalue weighted by atomic mass is 9.69. The van der Waals surface area contributed by atoms with Crippen LogP contribution >= 0.6 is 11.3 Å². The topological polar surface area (TPSA) is 46.3 Å². The Kier molecular flexibility index (Phi) is 5.88. The Balaban J connectivity index is 1.49. The van der Waals surface area contributed by atoms with Gasteiger partial charge in [0.05, 0.1) is 15.8 Å². The summed E-state index contributed by atoms with van der Waals surface area (Å²) in [7, 11) is 0. The molecule has 5 heteroatoms. The van der Waals surface area contributed by atoms with E-state index in [2.05, 4.69) is 94.1 Å². The molecule has 8 rings (SSSR count). The monoisotopic (exact) mass is 586 g/mol. The molecule has 2 aliphatic heterocycles. The number of hydrogen-bond donors (Lipinski definition) is 0. The van der Waals surface area contributed by atoms with Gasteiger partial charge in [-0.15, -0.1) is 11.3 Å². The molecule has 0 N–H and O–H groups in total. The van der Waals surface area contributed by atoms with Crippen LogP contribution in [0.1, 0.15) is 77.0 Å². The van der Waals surface area contributed by atoms with Gasteiger partial charge in [0.2, 0.25) is 0 Å². The molecule has 0 spiro atoms. The molecule has 2 aliphatic rings. The zero-order valence-electron chi connectivity index (χ0n) is 25.8. The van der Waals surface area contributed by atoms with Crippen LogP contribution in [0.5, 0.6) is 0 Å². The molecule has 0 bridgehead atoms. The summed E-state index contributed by atoms with van der Waals surface area (Å²) in [5, 5.41) is 6.60. The number of benzene rings is 4. The van der Waals surface area contributed by atoms with E-state index in [9.17, 15) is 4.79 Å². The van der Waals surface area contributed by atoms with E-state index in [1.54, 1.807) is 11.3 Å². The maximum atomic E-state index is 14.3. The van der Waals surface area contributed by atoms with E-state index >= 15 is 0 Å². The van der Waals surface area contributed by atoms with Gasteiger partial charge in [-0.25, -0.2) is 9.78 Å². The van der Waals surface area contributed by atoms with Crippen molar-refractivity contribution >= 4 is 59.8 Å². The first-order chi connectivity index (χ1) is 20.7. The van der Waals surface area contributed by atoms with Gasteiger partial charge in [0.1, 0.15) is 10.6 Å². The van der Waals surface area contributed by atoms with E-state index in [-0.39, 0.29) is 16.5 Å². The van der Waals surface area contributed by atoms with Crippen LogP contribution in [-0.4, -0.2) is 18.1 Å². The minimum absolute atomic E-state index is 0.0498. The summed E-state index contributed by atoms with van der Waals surface area (Å²) in [5.74, 6) is 0. The van der Waals surface area contributed by atoms with Crippen LogP contribution in [-0.2, 0) is 17.3 Å². The molecule has 6 aromatic rings. The second-order valence-corrected chi connectivity index (χ2v) is 14.9. The highest BCUT2D eigenvalue weighted by molar-refractivity contribution is 7.22. The number of fused-ring (bicyclic) bond motifs is 8. The first-order valence-corrected chi connectivity index (χ1v) is 16.6. The average molecular weight is 587 g/mol. The minimum atomic E-state index is -0.259. The molecule has 0 aliphatic carbocycles. The van der Waals surface area contributed by atoms with Crippen molar-refractivity contribution in [3.63, 3.8) is 0 Å². The van der Waals surface area contributed by atoms with Gasteiger partial charge in [-0.1, -0.05) is 89.6 Å². The lowest BCUT2D eigenvalue weighted by Crippen LogP contribution is -2.44. The molecule has 0 amide bonds. The number of unbranched alkanes of at least 4 members (excludes halogenated alkanes) is 1. The van der Waals surface area contributed by atoms with Crippen LogP contribution in [0.2, 0.25) is 0 Å². The second kappa shape index (κ2) is 9.40. The predicted molar refractivity (Wildman–Crippen MR) is 182 cm³/mol. The SMILES string of the molecule is CCCCc1c(-c2nc3c4ccccc4c4ccccc4c3s2)c(=O)oc2c3c4c(cc12)C(C)(C)CCN4CCC3(C)C. The summed E-state index contributed by atoms with van der Waals surface area (Å²) in [4.78, 5) is 22.1. The first kappa shape index (κ1) is 26.9. The summed E-state index contributed by atoms with van der Waals surface area (Å²) in [5.41, 5.74) is 7.16. The number of anilines is 1. The molecule has 0 saturated heterocycles. The molecule has 4 heterocycles. The number of thiazole rings is 1. The van der Waals surface area contributed by atoms with E-state index in [1.165, 1.54) is 33.0 Å². The molecule has 2 aromatic heterocycles. The van der Waals surface area contributed by atoms with Gasteiger partial charge in [-0.05, 0) is 64.5 Å². The summed E-state index contributed by atoms with van der Waals surface area (Å²) >= 11 is 1.64. The highest BCUT2D eigenvalue weighted by Gasteiger charge is 2.42. The maximum absolute atomic E-state index is 14.3. The Hall–Kier alpha value is -3.70. The lowest BCUT2D eigenvalue weighted by Gasteiger charge is -2.48. The Morgan fingerprint density at radius 1 is 0.884 bits per heavy atom. The van der Waals surface area contributed by atoms with Gasteiger partial charge in [0, 0.05) is 40.5 Å². The summed E-state index contributed by atoms with van der Waals surface area (Å²) in [6.07, 6.45) is 5.06. The number of hydrogen-bond acceptors (Lipinski definition) is 5. The third-order valence-electron chi connectivity index (χ3n) is 10.3. The molecule has 4 nitrogen and oxygen atoms in total. The average Bonchev–Trinajstić information content (AvgIpc) is 3.44. The highest BCUT2D eigenvalue weighted by Crippen LogP contribution is 2.53. The number of aryl methyl sites for hydroxylation is 1. The van der Waals surface area contributed by atoms with Crippen molar-refractivity contribution < 1.29 is 4.42 Å². The Bertz CT molecular complexity index is 2090. The number of rotatable bonds is 4. The van der Waals surface area contributed by atoms with Gasteiger partial charge < -0.3 is 9.32 Å². The Morgan fingerprint density at radius 2 is 1.53 bits per heavy atom. The molecule has 0 saturated carbocycles. The molecule has 218 valence electrons. The van der Waals surface area contributed by atoms with Crippen LogP contribution in [0.4, 0.5) is 5.69 Å². The van der Waals surface area contributed by atoms with Crippen molar-refractivity contribution in [3.8, 4) is 10.6 Å². The van der Waals surface area contributed by atoms with Crippen molar-refractivity contribution in [1.29, 1.82) is 0 Å². The van der Waals surface area contributed by atoms with Gasteiger partial charge in [-0.3, -0.25) is 0 Å². The molecular weight excluding hydrogens is 548 g/mol. The zero-order valence-corrected chi connectivity index (χ0v) is 26.6. The fourth-order valence-electron chi connectivity index (χ4n) is 7.75. The first-order valence-electron chi connectivity index (χ1n) is 15.8. The van der Waals surface area contributed by atoms with Gasteiger partial charge in [0.25, 0.3) is 0 Å². The van der Waals surface area contributed by atoms with E-state index in [1.807, 2.05) is 0 Å². The molecule has 43 heavy (non-hydrogen) atoms. The van der Waals surface area contributed by atoms with Gasteiger partial charge in [0.15, 0.2) is 0 Å². The highest BCUT2D eigenvalue weighted by atomic mass is 32.1. The fourth-order valence-corrected chi connectivity index (χ4v) is 8.92. The molecule has 0 fully saturated rings. The van der Waals surface area contributed by atoms with Gasteiger partial charge >= 0.3 is 5.63 Å². The zero-order chi connectivity index (χ0) is 29.7. The quantitative estimate of drug-likeness (QED) is 0.152. The van der Waals surface area contributed by atoms with Gasteiger partial charge in [-0.2, -0.15) is 0 Å².